The first-order valence-corrected chi connectivity index (χ1v) is 9.87. The number of carbonyl (C=O) groups is 2. The molecule has 1 aliphatic carbocycles. The summed E-state index contributed by atoms with van der Waals surface area (Å²) in [7, 11) is 1.56. The molecule has 154 valence electrons. The molecule has 2 aromatic rings. The molecule has 1 N–H and O–H groups in total. The van der Waals surface area contributed by atoms with Gasteiger partial charge in [-0.15, -0.1) is 0 Å². The van der Waals surface area contributed by atoms with E-state index < -0.39 is 12.1 Å². The molecule has 0 radical (unpaired) electrons. The summed E-state index contributed by atoms with van der Waals surface area (Å²) in [5.74, 6) is -0.547. The van der Waals surface area contributed by atoms with Crippen LogP contribution in [0.2, 0.25) is 0 Å². The Bertz CT molecular complexity index is 989. The monoisotopic (exact) mass is 404 g/mol. The van der Waals surface area contributed by atoms with Crippen LogP contribution >= 0.6 is 0 Å². The molecule has 6 heteroatoms. The van der Waals surface area contributed by atoms with Gasteiger partial charge in [0.25, 0.3) is 5.91 Å². The average molecular weight is 404 g/mol. The van der Waals surface area contributed by atoms with E-state index in [2.05, 4.69) is 11.4 Å². The van der Waals surface area contributed by atoms with E-state index >= 15 is 0 Å². The number of carbonyl (C=O) groups excluding carboxylic acids is 2. The Labute approximate surface area is 176 Å². The van der Waals surface area contributed by atoms with Gasteiger partial charge in [-0.1, -0.05) is 36.4 Å². The van der Waals surface area contributed by atoms with Crippen molar-refractivity contribution >= 4 is 18.0 Å². The molecule has 0 spiro atoms. The van der Waals surface area contributed by atoms with Gasteiger partial charge in [0.2, 0.25) is 0 Å². The summed E-state index contributed by atoms with van der Waals surface area (Å²) >= 11 is 0. The molecule has 3 rings (SSSR count). The fraction of sp³-hybridized carbons (Fsp3) is 0.292. The van der Waals surface area contributed by atoms with Crippen LogP contribution in [-0.4, -0.2) is 25.1 Å². The van der Waals surface area contributed by atoms with Crippen molar-refractivity contribution in [1.82, 2.24) is 5.32 Å². The highest BCUT2D eigenvalue weighted by Crippen LogP contribution is 2.29. The van der Waals surface area contributed by atoms with Gasteiger partial charge < -0.3 is 14.8 Å². The summed E-state index contributed by atoms with van der Waals surface area (Å²) in [6.07, 6.45) is 3.22. The predicted octanol–water partition coefficient (Wildman–Crippen LogP) is 3.73. The number of nitrogens with zero attached hydrogens (tertiary/aromatic N) is 1. The molecule has 0 bridgehead atoms. The van der Waals surface area contributed by atoms with Crippen LogP contribution in [0.5, 0.6) is 5.75 Å². The first-order chi connectivity index (χ1) is 14.5. The number of aryl methyl sites for hydroxylation is 1. The Morgan fingerprint density at radius 1 is 1.20 bits per heavy atom. The smallest absolute Gasteiger partial charge is 0.349 e. The number of methoxy groups -OCH3 is 1. The maximum atomic E-state index is 12.6. The second-order valence-electron chi connectivity index (χ2n) is 7.14. The van der Waals surface area contributed by atoms with Crippen molar-refractivity contribution in [1.29, 1.82) is 5.26 Å². The lowest BCUT2D eigenvalue weighted by atomic mass is 9.87. The van der Waals surface area contributed by atoms with E-state index in [-0.39, 0.29) is 17.5 Å². The summed E-state index contributed by atoms with van der Waals surface area (Å²) in [5, 5.41) is 12.3. The number of amides is 1. The van der Waals surface area contributed by atoms with Crippen LogP contribution in [0.1, 0.15) is 42.5 Å². The lowest BCUT2D eigenvalue weighted by Crippen LogP contribution is -2.39. The van der Waals surface area contributed by atoms with Crippen LogP contribution in [0.4, 0.5) is 0 Å². The number of fused-ring (bicyclic) bond motifs is 1. The van der Waals surface area contributed by atoms with Crippen LogP contribution in [0.15, 0.2) is 54.1 Å². The minimum absolute atomic E-state index is 0.103. The lowest BCUT2D eigenvalue weighted by Gasteiger charge is -2.27. The number of ether oxygens (including phenoxy) is 2. The molecule has 0 unspecified atom stereocenters. The van der Waals surface area contributed by atoms with Crippen LogP contribution in [0.25, 0.3) is 6.08 Å². The highest BCUT2D eigenvalue weighted by atomic mass is 16.5. The molecule has 30 heavy (non-hydrogen) atoms. The summed E-state index contributed by atoms with van der Waals surface area (Å²) in [4.78, 5) is 25.0. The molecular formula is C24H24N2O4. The fourth-order valence-electron chi connectivity index (χ4n) is 3.47. The lowest BCUT2D eigenvalue weighted by molar-refractivity contribution is -0.151. The summed E-state index contributed by atoms with van der Waals surface area (Å²) in [6.45, 7) is 1.50. The Kier molecular flexibility index (Phi) is 6.87. The van der Waals surface area contributed by atoms with E-state index in [4.69, 9.17) is 9.47 Å². The average Bonchev–Trinajstić information content (AvgIpc) is 2.78. The number of hydrogen-bond acceptors (Lipinski definition) is 5. The minimum atomic E-state index is -1.01. The molecule has 0 aromatic heterocycles. The zero-order valence-electron chi connectivity index (χ0n) is 17.1. The van der Waals surface area contributed by atoms with Gasteiger partial charge in [0.1, 0.15) is 17.4 Å². The fourth-order valence-corrected chi connectivity index (χ4v) is 3.47. The predicted molar refractivity (Wildman–Crippen MR) is 112 cm³/mol. The van der Waals surface area contributed by atoms with Crippen molar-refractivity contribution in [2.24, 2.45) is 0 Å². The number of rotatable bonds is 6. The molecule has 0 heterocycles. The number of benzene rings is 2. The Morgan fingerprint density at radius 3 is 2.63 bits per heavy atom. The van der Waals surface area contributed by atoms with Gasteiger partial charge >= 0.3 is 5.97 Å². The second kappa shape index (κ2) is 9.75. The van der Waals surface area contributed by atoms with E-state index in [1.54, 1.807) is 31.4 Å². The molecule has 0 saturated carbocycles. The highest BCUT2D eigenvalue weighted by Gasteiger charge is 2.26. The van der Waals surface area contributed by atoms with Crippen molar-refractivity contribution in [2.75, 3.05) is 7.11 Å². The second-order valence-corrected chi connectivity index (χ2v) is 7.14. The maximum absolute atomic E-state index is 12.6. The van der Waals surface area contributed by atoms with E-state index in [1.165, 1.54) is 18.6 Å². The molecule has 0 saturated heterocycles. The molecule has 1 amide bonds. The number of nitrogens with one attached hydrogen (secondary N) is 1. The molecule has 6 nitrogen and oxygen atoms in total. The molecule has 1 aliphatic rings. The van der Waals surface area contributed by atoms with Crippen LogP contribution in [0, 0.1) is 11.3 Å². The van der Waals surface area contributed by atoms with E-state index in [9.17, 15) is 14.9 Å². The molecular weight excluding hydrogens is 380 g/mol. The third-order valence-corrected chi connectivity index (χ3v) is 5.11. The zero-order chi connectivity index (χ0) is 21.5. The van der Waals surface area contributed by atoms with Crippen LogP contribution in [0.3, 0.4) is 0 Å². The third kappa shape index (κ3) is 5.06. The van der Waals surface area contributed by atoms with Crippen molar-refractivity contribution < 1.29 is 19.1 Å². The zero-order valence-corrected chi connectivity index (χ0v) is 17.1. The van der Waals surface area contributed by atoms with Crippen molar-refractivity contribution in [3.8, 4) is 11.8 Å². The topological polar surface area (TPSA) is 88.4 Å². The first-order valence-electron chi connectivity index (χ1n) is 9.87. The van der Waals surface area contributed by atoms with Crippen LogP contribution < -0.4 is 10.1 Å². The normalized spacial score (nSPS) is 16.6. The van der Waals surface area contributed by atoms with Gasteiger partial charge in [0.05, 0.1) is 13.2 Å². The SMILES string of the molecule is COc1ccc(/C=C(\C#N)C(=O)O[C@@H](C)C(=O)N[C@@H]2CCCc3ccccc32)cc1. The van der Waals surface area contributed by atoms with Crippen molar-refractivity contribution in [3.63, 3.8) is 0 Å². The number of esters is 1. The van der Waals surface area contributed by atoms with E-state index in [1.807, 2.05) is 24.3 Å². The summed E-state index contributed by atoms with van der Waals surface area (Å²) in [5.41, 5.74) is 2.81. The minimum Gasteiger partial charge on any atom is -0.497 e. The molecule has 0 aliphatic heterocycles. The summed E-state index contributed by atoms with van der Waals surface area (Å²) in [6, 6.07) is 16.7. The van der Waals surface area contributed by atoms with Crippen molar-refractivity contribution in [3.05, 3.63) is 70.8 Å². The van der Waals surface area contributed by atoms with E-state index in [0.717, 1.165) is 24.8 Å². The highest BCUT2D eigenvalue weighted by molar-refractivity contribution is 5.99. The van der Waals surface area contributed by atoms with Gasteiger partial charge in [-0.3, -0.25) is 4.79 Å². The van der Waals surface area contributed by atoms with Gasteiger partial charge in [-0.05, 0) is 61.1 Å². The number of nitriles is 1. The van der Waals surface area contributed by atoms with Gasteiger partial charge in [-0.25, -0.2) is 4.79 Å². The Morgan fingerprint density at radius 2 is 1.93 bits per heavy atom. The van der Waals surface area contributed by atoms with E-state index in [0.29, 0.717) is 11.3 Å². The van der Waals surface area contributed by atoms with Crippen molar-refractivity contribution in [2.45, 2.75) is 38.3 Å². The quantitative estimate of drug-likeness (QED) is 0.450. The summed E-state index contributed by atoms with van der Waals surface area (Å²) < 4.78 is 10.3. The van der Waals surface area contributed by atoms with Crippen LogP contribution in [-0.2, 0) is 20.7 Å². The van der Waals surface area contributed by atoms with Gasteiger partial charge in [-0.2, -0.15) is 5.26 Å². The first kappa shape index (κ1) is 21.1. The number of hydrogen-bond donors (Lipinski definition) is 1. The van der Waals surface area contributed by atoms with Gasteiger partial charge in [0, 0.05) is 0 Å². The standard InChI is InChI=1S/C24H24N2O4/c1-16(23(27)26-22-9-5-7-18-6-3-4-8-21(18)22)30-24(28)19(15-25)14-17-10-12-20(29-2)13-11-17/h3-4,6,8,10-14,16,22H,5,7,9H2,1-2H3,(H,26,27)/b19-14+/t16-,22+/m0/s1. The Balaban J connectivity index is 1.63. The van der Waals surface area contributed by atoms with Gasteiger partial charge in [0.15, 0.2) is 6.10 Å². The maximum Gasteiger partial charge on any atom is 0.349 e. The molecule has 2 atom stereocenters. The third-order valence-electron chi connectivity index (χ3n) is 5.11. The molecule has 0 fully saturated rings. The molecule has 2 aromatic carbocycles. The largest absolute Gasteiger partial charge is 0.497 e. The Hall–Kier alpha value is -3.59.